The summed E-state index contributed by atoms with van der Waals surface area (Å²) in [6, 6.07) is 20.1. The number of anilines is 1. The van der Waals surface area contributed by atoms with E-state index in [0.717, 1.165) is 21.5 Å². The molecule has 0 saturated carbocycles. The highest BCUT2D eigenvalue weighted by atomic mass is 31.1. The summed E-state index contributed by atoms with van der Waals surface area (Å²) in [7, 11) is 0.875. The van der Waals surface area contributed by atoms with Gasteiger partial charge in [-0.25, -0.2) is 0 Å². The first-order valence-corrected chi connectivity index (χ1v) is 11.1. The highest BCUT2D eigenvalue weighted by Crippen LogP contribution is 2.34. The molecular formula is C24H30NP. The summed E-state index contributed by atoms with van der Waals surface area (Å²) >= 11 is 0. The van der Waals surface area contributed by atoms with Crippen LogP contribution in [0.3, 0.4) is 0 Å². The highest BCUT2D eigenvalue weighted by Gasteiger charge is 2.12. The molecule has 26 heavy (non-hydrogen) atoms. The van der Waals surface area contributed by atoms with E-state index < -0.39 is 0 Å². The average Bonchev–Trinajstić information content (AvgIpc) is 2.72. The molecule has 1 heterocycles. The van der Waals surface area contributed by atoms with E-state index in [1.54, 1.807) is 0 Å². The van der Waals surface area contributed by atoms with Gasteiger partial charge in [0, 0.05) is 17.7 Å². The Labute approximate surface area is 160 Å². The van der Waals surface area contributed by atoms with Crippen LogP contribution in [0.1, 0.15) is 37.3 Å². The Morgan fingerprint density at radius 2 is 1.58 bits per heavy atom. The molecule has 0 saturated heterocycles. The second kappa shape index (κ2) is 10.3. The van der Waals surface area contributed by atoms with Gasteiger partial charge in [0.1, 0.15) is 0 Å². The molecule has 0 N–H and O–H groups in total. The number of rotatable bonds is 9. The van der Waals surface area contributed by atoms with Gasteiger partial charge in [0.2, 0.25) is 0 Å². The van der Waals surface area contributed by atoms with Crippen molar-refractivity contribution in [3.05, 3.63) is 89.4 Å². The van der Waals surface area contributed by atoms with Crippen molar-refractivity contribution in [2.45, 2.75) is 39.0 Å². The molecule has 0 aromatic heterocycles. The number of nitrogens with zero attached hydrogens (tertiary/aromatic N) is 1. The Bertz CT molecular complexity index is 716. The third-order valence-electron chi connectivity index (χ3n) is 4.84. The van der Waals surface area contributed by atoms with E-state index in [1.165, 1.54) is 54.1 Å². The normalized spacial score (nSPS) is 14.4. The SMILES string of the molecule is CCCCc1ccc(CCCN(C2=CC=CCP2)c2ccccc2)cc1. The van der Waals surface area contributed by atoms with Gasteiger partial charge in [-0.3, -0.25) is 0 Å². The van der Waals surface area contributed by atoms with Crippen LogP contribution in [-0.4, -0.2) is 12.7 Å². The van der Waals surface area contributed by atoms with E-state index in [2.05, 4.69) is 84.6 Å². The van der Waals surface area contributed by atoms with E-state index >= 15 is 0 Å². The van der Waals surface area contributed by atoms with Crippen LogP contribution in [0.5, 0.6) is 0 Å². The largest absolute Gasteiger partial charge is 0.341 e. The van der Waals surface area contributed by atoms with Gasteiger partial charge in [0.15, 0.2) is 0 Å². The van der Waals surface area contributed by atoms with Gasteiger partial charge in [-0.2, -0.15) is 0 Å². The summed E-state index contributed by atoms with van der Waals surface area (Å²) in [5.41, 5.74) is 5.71. The molecular weight excluding hydrogens is 333 g/mol. The summed E-state index contributed by atoms with van der Waals surface area (Å²) in [6.45, 7) is 3.33. The Balaban J connectivity index is 1.59. The molecule has 3 rings (SSSR count). The highest BCUT2D eigenvalue weighted by molar-refractivity contribution is 7.43. The van der Waals surface area contributed by atoms with E-state index in [0.29, 0.717) is 0 Å². The van der Waals surface area contributed by atoms with Crippen LogP contribution in [-0.2, 0) is 12.8 Å². The van der Waals surface area contributed by atoms with Crippen molar-refractivity contribution in [2.24, 2.45) is 0 Å². The molecule has 0 fully saturated rings. The fraction of sp³-hybridized carbons (Fsp3) is 0.333. The molecule has 1 atom stereocenters. The molecule has 2 aromatic rings. The van der Waals surface area contributed by atoms with Crippen LogP contribution in [0, 0.1) is 0 Å². The lowest BCUT2D eigenvalue weighted by atomic mass is 10.0. The van der Waals surface area contributed by atoms with Crippen molar-refractivity contribution >= 4 is 14.3 Å². The lowest BCUT2D eigenvalue weighted by molar-refractivity contribution is 0.788. The number of allylic oxidation sites excluding steroid dienone is 3. The summed E-state index contributed by atoms with van der Waals surface area (Å²) in [5, 5.41) is 0. The number of hydrogen-bond acceptors (Lipinski definition) is 1. The Kier molecular flexibility index (Phi) is 7.52. The fourth-order valence-electron chi connectivity index (χ4n) is 3.33. The smallest absolute Gasteiger partial charge is 0.0410 e. The number of hydrogen-bond donors (Lipinski definition) is 0. The van der Waals surface area contributed by atoms with Crippen molar-refractivity contribution in [1.82, 2.24) is 0 Å². The topological polar surface area (TPSA) is 3.24 Å². The van der Waals surface area contributed by atoms with Gasteiger partial charge in [-0.05, 0) is 61.2 Å². The predicted octanol–water partition coefficient (Wildman–Crippen LogP) is 6.56. The van der Waals surface area contributed by atoms with Gasteiger partial charge in [-0.15, -0.1) is 0 Å². The standard InChI is InChI=1S/C24H30NP/c1-2-3-10-21-15-17-22(18-16-21)11-9-19-25(23-12-5-4-6-13-23)24-14-7-8-20-26-24/h4-8,12-18,26H,2-3,9-11,19-20H2,1H3. The lowest BCUT2D eigenvalue weighted by Crippen LogP contribution is -2.22. The van der Waals surface area contributed by atoms with Crippen molar-refractivity contribution in [3.8, 4) is 0 Å². The quantitative estimate of drug-likeness (QED) is 0.456. The van der Waals surface area contributed by atoms with Crippen LogP contribution in [0.15, 0.2) is 78.3 Å². The minimum absolute atomic E-state index is 0.875. The molecule has 1 aliphatic heterocycles. The monoisotopic (exact) mass is 363 g/mol. The molecule has 1 nitrogen and oxygen atoms in total. The molecule has 2 aromatic carbocycles. The Morgan fingerprint density at radius 3 is 2.19 bits per heavy atom. The van der Waals surface area contributed by atoms with Gasteiger partial charge < -0.3 is 4.90 Å². The van der Waals surface area contributed by atoms with Crippen molar-refractivity contribution in [1.29, 1.82) is 0 Å². The number of aryl methyl sites for hydroxylation is 2. The minimum atomic E-state index is 0.875. The van der Waals surface area contributed by atoms with Gasteiger partial charge in [0.05, 0.1) is 0 Å². The Morgan fingerprint density at radius 1 is 0.885 bits per heavy atom. The zero-order valence-electron chi connectivity index (χ0n) is 15.8. The zero-order chi connectivity index (χ0) is 18.0. The summed E-state index contributed by atoms with van der Waals surface area (Å²) in [6.07, 6.45) is 14.0. The van der Waals surface area contributed by atoms with Gasteiger partial charge >= 0.3 is 0 Å². The van der Waals surface area contributed by atoms with Crippen LogP contribution < -0.4 is 4.90 Å². The number of unbranched alkanes of at least 4 members (excludes halogenated alkanes) is 1. The van der Waals surface area contributed by atoms with E-state index in [4.69, 9.17) is 0 Å². The van der Waals surface area contributed by atoms with Gasteiger partial charge in [0.25, 0.3) is 0 Å². The van der Waals surface area contributed by atoms with Crippen LogP contribution >= 0.6 is 8.58 Å². The fourth-order valence-corrected chi connectivity index (χ4v) is 4.44. The average molecular weight is 363 g/mol. The lowest BCUT2D eigenvalue weighted by Gasteiger charge is -2.28. The second-order valence-electron chi connectivity index (χ2n) is 6.87. The predicted molar refractivity (Wildman–Crippen MR) is 118 cm³/mol. The Hall–Kier alpha value is -1.85. The van der Waals surface area contributed by atoms with E-state index in [9.17, 15) is 0 Å². The van der Waals surface area contributed by atoms with Gasteiger partial charge in [-0.1, -0.05) is 76.5 Å². The van der Waals surface area contributed by atoms with E-state index in [-0.39, 0.29) is 0 Å². The third kappa shape index (κ3) is 5.58. The molecule has 0 aliphatic carbocycles. The van der Waals surface area contributed by atoms with Crippen molar-refractivity contribution < 1.29 is 0 Å². The second-order valence-corrected chi connectivity index (χ2v) is 8.15. The maximum atomic E-state index is 2.51. The van der Waals surface area contributed by atoms with E-state index in [1.807, 2.05) is 0 Å². The van der Waals surface area contributed by atoms with Crippen LogP contribution in [0.4, 0.5) is 5.69 Å². The minimum Gasteiger partial charge on any atom is -0.341 e. The molecule has 2 heteroatoms. The molecule has 136 valence electrons. The summed E-state index contributed by atoms with van der Waals surface area (Å²) in [4.78, 5) is 2.51. The zero-order valence-corrected chi connectivity index (χ0v) is 16.8. The maximum Gasteiger partial charge on any atom is 0.0410 e. The molecule has 1 aliphatic rings. The maximum absolute atomic E-state index is 2.51. The molecule has 0 amide bonds. The first-order chi connectivity index (χ1) is 12.9. The first kappa shape index (κ1) is 18.9. The van der Waals surface area contributed by atoms with Crippen LogP contribution in [0.25, 0.3) is 0 Å². The molecule has 1 unspecified atom stereocenters. The van der Waals surface area contributed by atoms with Crippen LogP contribution in [0.2, 0.25) is 0 Å². The van der Waals surface area contributed by atoms with Crippen molar-refractivity contribution in [3.63, 3.8) is 0 Å². The van der Waals surface area contributed by atoms with Crippen molar-refractivity contribution in [2.75, 3.05) is 17.6 Å². The summed E-state index contributed by atoms with van der Waals surface area (Å²) < 4.78 is 0. The molecule has 0 radical (unpaired) electrons. The first-order valence-electron chi connectivity index (χ1n) is 9.88. The molecule has 0 bridgehead atoms. The third-order valence-corrected chi connectivity index (χ3v) is 6.08. The molecule has 0 spiro atoms. The summed E-state index contributed by atoms with van der Waals surface area (Å²) in [5.74, 6) is 0. The number of benzene rings is 2. The number of para-hydroxylation sites is 1.